The van der Waals surface area contributed by atoms with Crippen molar-refractivity contribution >= 4 is 26.3 Å². The Kier molecular flexibility index (Phi) is 4.30. The van der Waals surface area contributed by atoms with Gasteiger partial charge < -0.3 is 5.32 Å². The molecule has 0 aromatic heterocycles. The lowest BCUT2D eigenvalue weighted by Gasteiger charge is -2.19. The largest absolute Gasteiger partial charge is 0.348 e. The molecule has 0 aliphatic heterocycles. The minimum Gasteiger partial charge on any atom is -0.348 e. The Morgan fingerprint density at radius 1 is 1.25 bits per heavy atom. The van der Waals surface area contributed by atoms with E-state index in [1.807, 2.05) is 51.1 Å². The topological polar surface area (TPSA) is 29.1 Å². The number of carbonyl (C=O) groups is 1. The molecule has 0 aliphatic rings. The third kappa shape index (κ3) is 4.62. The van der Waals surface area contributed by atoms with E-state index in [1.165, 1.54) is 0 Å². The summed E-state index contributed by atoms with van der Waals surface area (Å²) in [5, 5.41) is 2.87. The lowest BCUT2D eigenvalue weighted by Crippen LogP contribution is -2.39. The number of amides is 1. The molecular weight excluding hydrogens is 266 g/mol. The van der Waals surface area contributed by atoms with Crippen LogP contribution in [-0.4, -0.2) is 11.4 Å². The SMILES string of the molecule is CC(C)(C)NC(=O)/C=C(\Br)c1ccccc1. The van der Waals surface area contributed by atoms with Crippen LogP contribution in [0.25, 0.3) is 4.48 Å². The van der Waals surface area contributed by atoms with Crippen LogP contribution in [0.5, 0.6) is 0 Å². The van der Waals surface area contributed by atoms with Crippen molar-refractivity contribution in [1.82, 2.24) is 5.32 Å². The summed E-state index contributed by atoms with van der Waals surface area (Å²) in [6.07, 6.45) is 1.56. The number of nitrogens with one attached hydrogen (secondary N) is 1. The zero-order valence-corrected chi connectivity index (χ0v) is 11.3. The van der Waals surface area contributed by atoms with Crippen LogP contribution in [0.1, 0.15) is 26.3 Å². The molecule has 0 atom stereocenters. The summed E-state index contributed by atoms with van der Waals surface area (Å²) in [6.45, 7) is 5.86. The molecule has 0 radical (unpaired) electrons. The predicted molar refractivity (Wildman–Crippen MR) is 71.2 cm³/mol. The summed E-state index contributed by atoms with van der Waals surface area (Å²) >= 11 is 3.39. The van der Waals surface area contributed by atoms with Crippen molar-refractivity contribution in [2.45, 2.75) is 26.3 Å². The summed E-state index contributed by atoms with van der Waals surface area (Å²) in [4.78, 5) is 11.6. The maximum absolute atomic E-state index is 11.6. The van der Waals surface area contributed by atoms with E-state index in [9.17, 15) is 4.79 Å². The molecule has 1 aromatic carbocycles. The highest BCUT2D eigenvalue weighted by Crippen LogP contribution is 2.20. The first-order valence-corrected chi connectivity index (χ1v) is 5.92. The summed E-state index contributed by atoms with van der Waals surface area (Å²) in [5.41, 5.74) is 0.781. The quantitative estimate of drug-likeness (QED) is 0.828. The molecule has 3 heteroatoms. The first-order valence-electron chi connectivity index (χ1n) is 5.13. The molecule has 0 unspecified atom stereocenters. The van der Waals surface area contributed by atoms with E-state index in [-0.39, 0.29) is 11.4 Å². The Hall–Kier alpha value is -1.09. The van der Waals surface area contributed by atoms with Gasteiger partial charge in [-0.1, -0.05) is 30.3 Å². The van der Waals surface area contributed by atoms with Crippen LogP contribution in [0.4, 0.5) is 0 Å². The molecule has 86 valence electrons. The van der Waals surface area contributed by atoms with Crippen molar-refractivity contribution in [3.8, 4) is 0 Å². The van der Waals surface area contributed by atoms with Crippen LogP contribution in [0, 0.1) is 0 Å². The molecule has 0 bridgehead atoms. The first-order chi connectivity index (χ1) is 7.38. The summed E-state index contributed by atoms with van der Waals surface area (Å²) < 4.78 is 0.787. The van der Waals surface area contributed by atoms with Crippen LogP contribution < -0.4 is 5.32 Å². The molecule has 1 aromatic rings. The average molecular weight is 282 g/mol. The summed E-state index contributed by atoms with van der Waals surface area (Å²) in [5.74, 6) is -0.0942. The number of rotatable bonds is 2. The van der Waals surface area contributed by atoms with E-state index in [0.29, 0.717) is 0 Å². The summed E-state index contributed by atoms with van der Waals surface area (Å²) in [6, 6.07) is 9.72. The van der Waals surface area contributed by atoms with Crippen molar-refractivity contribution in [2.24, 2.45) is 0 Å². The smallest absolute Gasteiger partial charge is 0.245 e. The lowest BCUT2D eigenvalue weighted by molar-refractivity contribution is -0.117. The molecule has 2 nitrogen and oxygen atoms in total. The molecule has 0 heterocycles. The Labute approximate surface area is 105 Å². The van der Waals surface area contributed by atoms with Gasteiger partial charge in [0.15, 0.2) is 0 Å². The third-order valence-electron chi connectivity index (χ3n) is 1.81. The zero-order chi connectivity index (χ0) is 12.2. The molecule has 0 saturated carbocycles. The molecule has 0 spiro atoms. The normalized spacial score (nSPS) is 12.4. The van der Waals surface area contributed by atoms with Gasteiger partial charge in [0.1, 0.15) is 0 Å². The van der Waals surface area contributed by atoms with Gasteiger partial charge in [0.2, 0.25) is 5.91 Å². The van der Waals surface area contributed by atoms with Gasteiger partial charge in [-0.15, -0.1) is 0 Å². The lowest BCUT2D eigenvalue weighted by atomic mass is 10.1. The van der Waals surface area contributed by atoms with Crippen molar-refractivity contribution < 1.29 is 4.79 Å². The van der Waals surface area contributed by atoms with Crippen LogP contribution >= 0.6 is 15.9 Å². The second kappa shape index (κ2) is 5.30. The number of halogens is 1. The summed E-state index contributed by atoms with van der Waals surface area (Å²) in [7, 11) is 0. The van der Waals surface area contributed by atoms with E-state index in [2.05, 4.69) is 21.2 Å². The molecule has 1 N–H and O–H groups in total. The van der Waals surface area contributed by atoms with Gasteiger partial charge in [-0.3, -0.25) is 4.79 Å². The van der Waals surface area contributed by atoms with Gasteiger partial charge in [0.25, 0.3) is 0 Å². The van der Waals surface area contributed by atoms with Gasteiger partial charge in [-0.05, 0) is 42.3 Å². The third-order valence-corrected chi connectivity index (χ3v) is 2.49. The Balaban J connectivity index is 2.75. The van der Waals surface area contributed by atoms with E-state index < -0.39 is 0 Å². The van der Waals surface area contributed by atoms with Crippen molar-refractivity contribution in [3.63, 3.8) is 0 Å². The number of benzene rings is 1. The van der Waals surface area contributed by atoms with Gasteiger partial charge in [-0.2, -0.15) is 0 Å². The maximum Gasteiger partial charge on any atom is 0.245 e. The number of hydrogen-bond donors (Lipinski definition) is 1. The Morgan fingerprint density at radius 2 is 1.81 bits per heavy atom. The van der Waals surface area contributed by atoms with E-state index in [0.717, 1.165) is 10.0 Å². The van der Waals surface area contributed by atoms with Crippen LogP contribution in [0.15, 0.2) is 36.4 Å². The van der Waals surface area contributed by atoms with E-state index in [1.54, 1.807) is 6.08 Å². The zero-order valence-electron chi connectivity index (χ0n) is 9.75. The standard InChI is InChI=1S/C13H16BrNO/c1-13(2,3)15-12(16)9-11(14)10-7-5-4-6-8-10/h4-9H,1-3H3,(H,15,16)/b11-9-. The highest BCUT2D eigenvalue weighted by atomic mass is 79.9. The molecule has 16 heavy (non-hydrogen) atoms. The van der Waals surface area contributed by atoms with Gasteiger partial charge in [-0.25, -0.2) is 0 Å². The number of hydrogen-bond acceptors (Lipinski definition) is 1. The Morgan fingerprint density at radius 3 is 2.31 bits per heavy atom. The minimum absolute atomic E-state index is 0.0942. The van der Waals surface area contributed by atoms with Crippen LogP contribution in [0.3, 0.4) is 0 Å². The molecule has 0 aliphatic carbocycles. The molecule has 0 fully saturated rings. The molecular formula is C13H16BrNO. The second-order valence-electron chi connectivity index (χ2n) is 4.60. The fourth-order valence-corrected chi connectivity index (χ4v) is 1.67. The van der Waals surface area contributed by atoms with E-state index >= 15 is 0 Å². The van der Waals surface area contributed by atoms with Gasteiger partial charge in [0, 0.05) is 16.1 Å². The minimum atomic E-state index is -0.211. The van der Waals surface area contributed by atoms with E-state index in [4.69, 9.17) is 0 Å². The predicted octanol–water partition coefficient (Wildman–Crippen LogP) is 3.34. The molecule has 1 rings (SSSR count). The van der Waals surface area contributed by atoms with Gasteiger partial charge in [0.05, 0.1) is 0 Å². The van der Waals surface area contributed by atoms with Crippen molar-refractivity contribution in [3.05, 3.63) is 42.0 Å². The van der Waals surface area contributed by atoms with Crippen molar-refractivity contribution in [1.29, 1.82) is 0 Å². The maximum atomic E-state index is 11.6. The molecule has 0 saturated heterocycles. The van der Waals surface area contributed by atoms with Crippen LogP contribution in [-0.2, 0) is 4.79 Å². The second-order valence-corrected chi connectivity index (χ2v) is 5.45. The monoisotopic (exact) mass is 281 g/mol. The van der Waals surface area contributed by atoms with Crippen molar-refractivity contribution in [2.75, 3.05) is 0 Å². The van der Waals surface area contributed by atoms with Gasteiger partial charge >= 0.3 is 0 Å². The number of carbonyl (C=O) groups excluding carboxylic acids is 1. The fraction of sp³-hybridized carbons (Fsp3) is 0.308. The highest BCUT2D eigenvalue weighted by molar-refractivity contribution is 9.15. The molecule has 1 amide bonds. The van der Waals surface area contributed by atoms with Crippen LogP contribution in [0.2, 0.25) is 0 Å². The Bertz CT molecular complexity index is 390. The first kappa shape index (κ1) is 13.0. The highest BCUT2D eigenvalue weighted by Gasteiger charge is 2.12. The average Bonchev–Trinajstić information content (AvgIpc) is 2.16. The fourth-order valence-electron chi connectivity index (χ4n) is 1.20.